The van der Waals surface area contributed by atoms with Crippen molar-refractivity contribution in [3.05, 3.63) is 102 Å². The lowest BCUT2D eigenvalue weighted by atomic mass is 9.85. The summed E-state index contributed by atoms with van der Waals surface area (Å²) in [7, 11) is 0. The molecule has 2 aliphatic rings. The maximum atomic E-state index is 13.5. The molecule has 1 unspecified atom stereocenters. The highest BCUT2D eigenvalue weighted by Gasteiger charge is 2.50. The van der Waals surface area contributed by atoms with Crippen molar-refractivity contribution >= 4 is 11.6 Å². The molecule has 182 valence electrons. The van der Waals surface area contributed by atoms with Gasteiger partial charge in [0.05, 0.1) is 6.67 Å². The van der Waals surface area contributed by atoms with E-state index in [0.29, 0.717) is 6.67 Å². The molecule has 1 spiro atoms. The third-order valence-electron chi connectivity index (χ3n) is 7.60. The number of hydrogen-bond donors (Lipinski definition) is 1. The number of likely N-dealkylation sites (tertiary alicyclic amines) is 1. The van der Waals surface area contributed by atoms with Crippen LogP contribution in [0.15, 0.2) is 78.9 Å². The first-order valence-electron chi connectivity index (χ1n) is 12.4. The molecule has 2 fully saturated rings. The van der Waals surface area contributed by atoms with Crippen LogP contribution in [-0.2, 0) is 4.79 Å². The Hall–Kier alpha value is -3.25. The molecule has 5 rings (SSSR count). The Morgan fingerprint density at radius 2 is 1.43 bits per heavy atom. The third-order valence-corrected chi connectivity index (χ3v) is 7.60. The smallest absolute Gasteiger partial charge is 0.247 e. The van der Waals surface area contributed by atoms with Gasteiger partial charge in [-0.25, -0.2) is 8.78 Å². The molecule has 6 heteroatoms. The van der Waals surface area contributed by atoms with Crippen LogP contribution in [0.5, 0.6) is 0 Å². The minimum atomic E-state index is -0.561. The fraction of sp³-hybridized carbons (Fsp3) is 0.345. The van der Waals surface area contributed by atoms with Gasteiger partial charge in [-0.3, -0.25) is 4.79 Å². The summed E-state index contributed by atoms with van der Waals surface area (Å²) in [4.78, 5) is 17.4. The second-order valence-corrected chi connectivity index (χ2v) is 9.60. The highest BCUT2D eigenvalue weighted by Crippen LogP contribution is 2.37. The molecule has 3 aromatic rings. The lowest BCUT2D eigenvalue weighted by molar-refractivity contribution is -0.125. The molecule has 2 aliphatic heterocycles. The topological polar surface area (TPSA) is 35.6 Å². The van der Waals surface area contributed by atoms with Crippen molar-refractivity contribution in [2.75, 3.05) is 31.2 Å². The SMILES string of the molecule is O=C1NCN(c2ccc(F)cc2)C12CCN(CCCC(c1ccccc1)c1ccc(F)cc1)CC2. The zero-order valence-electron chi connectivity index (χ0n) is 19.8. The van der Waals surface area contributed by atoms with E-state index in [1.54, 1.807) is 12.1 Å². The van der Waals surface area contributed by atoms with E-state index in [2.05, 4.69) is 39.4 Å². The average Bonchev–Trinajstić information content (AvgIpc) is 3.20. The number of carbonyl (C=O) groups is 1. The van der Waals surface area contributed by atoms with Crippen molar-refractivity contribution in [2.24, 2.45) is 0 Å². The van der Waals surface area contributed by atoms with Gasteiger partial charge in [0.15, 0.2) is 0 Å². The number of nitrogens with zero attached hydrogens (tertiary/aromatic N) is 2. The normalized spacial score (nSPS) is 18.6. The number of nitrogens with one attached hydrogen (secondary N) is 1. The number of carbonyl (C=O) groups excluding carboxylic acids is 1. The molecule has 35 heavy (non-hydrogen) atoms. The van der Waals surface area contributed by atoms with E-state index in [0.717, 1.165) is 56.6 Å². The van der Waals surface area contributed by atoms with Gasteiger partial charge < -0.3 is 15.1 Å². The highest BCUT2D eigenvalue weighted by molar-refractivity contribution is 5.93. The van der Waals surface area contributed by atoms with Gasteiger partial charge in [0.1, 0.15) is 17.2 Å². The van der Waals surface area contributed by atoms with Crippen LogP contribution in [0.4, 0.5) is 14.5 Å². The highest BCUT2D eigenvalue weighted by atomic mass is 19.1. The Morgan fingerprint density at radius 3 is 2.09 bits per heavy atom. The molecule has 1 atom stereocenters. The Labute approximate surface area is 205 Å². The molecular formula is C29H31F2N3O. The molecule has 3 aromatic carbocycles. The second-order valence-electron chi connectivity index (χ2n) is 9.60. The number of benzene rings is 3. The minimum Gasteiger partial charge on any atom is -0.339 e. The summed E-state index contributed by atoms with van der Waals surface area (Å²) in [6, 6.07) is 23.7. The number of hydrogen-bond acceptors (Lipinski definition) is 3. The van der Waals surface area contributed by atoms with E-state index in [9.17, 15) is 13.6 Å². The monoisotopic (exact) mass is 475 g/mol. The Morgan fingerprint density at radius 1 is 0.829 bits per heavy atom. The number of amides is 1. The lowest BCUT2D eigenvalue weighted by Gasteiger charge is -2.43. The fourth-order valence-electron chi connectivity index (χ4n) is 5.62. The molecule has 0 bridgehead atoms. The number of anilines is 1. The van der Waals surface area contributed by atoms with Gasteiger partial charge in [-0.1, -0.05) is 42.5 Å². The summed E-state index contributed by atoms with van der Waals surface area (Å²) in [5.74, 6) is -0.191. The number of piperidine rings is 1. The van der Waals surface area contributed by atoms with Crippen LogP contribution in [0.2, 0.25) is 0 Å². The molecule has 0 aromatic heterocycles. The van der Waals surface area contributed by atoms with Crippen molar-refractivity contribution < 1.29 is 13.6 Å². The van der Waals surface area contributed by atoms with Crippen LogP contribution in [-0.4, -0.2) is 42.6 Å². The average molecular weight is 476 g/mol. The predicted octanol–water partition coefficient (Wildman–Crippen LogP) is 5.31. The molecule has 1 amide bonds. The summed E-state index contributed by atoms with van der Waals surface area (Å²) in [6.07, 6.45) is 3.48. The first-order valence-corrected chi connectivity index (χ1v) is 12.4. The fourth-order valence-corrected chi connectivity index (χ4v) is 5.62. The van der Waals surface area contributed by atoms with Gasteiger partial charge in [-0.15, -0.1) is 0 Å². The zero-order chi connectivity index (χ0) is 24.3. The number of halogens is 2. The molecular weight excluding hydrogens is 444 g/mol. The van der Waals surface area contributed by atoms with E-state index < -0.39 is 5.54 Å². The van der Waals surface area contributed by atoms with Gasteiger partial charge in [0.2, 0.25) is 5.91 Å². The summed E-state index contributed by atoms with van der Waals surface area (Å²) in [6.45, 7) is 3.11. The van der Waals surface area contributed by atoms with Gasteiger partial charge in [0, 0.05) is 24.7 Å². The van der Waals surface area contributed by atoms with E-state index in [1.165, 1.54) is 29.8 Å². The van der Waals surface area contributed by atoms with Gasteiger partial charge >= 0.3 is 0 Å². The zero-order valence-corrected chi connectivity index (χ0v) is 19.8. The van der Waals surface area contributed by atoms with Crippen molar-refractivity contribution in [2.45, 2.75) is 37.1 Å². The van der Waals surface area contributed by atoms with Crippen molar-refractivity contribution in [3.8, 4) is 0 Å². The van der Waals surface area contributed by atoms with Crippen LogP contribution in [0.3, 0.4) is 0 Å². The van der Waals surface area contributed by atoms with Crippen LogP contribution in [0.1, 0.15) is 42.7 Å². The van der Waals surface area contributed by atoms with Crippen LogP contribution in [0, 0.1) is 11.6 Å². The maximum Gasteiger partial charge on any atom is 0.247 e. The standard InChI is InChI=1S/C29H31F2N3O/c30-24-10-8-23(9-11-24)27(22-5-2-1-3-6-22)7-4-18-33-19-16-29(17-20-33)28(35)32-21-34(29)26-14-12-25(31)13-15-26/h1-3,5-6,8-15,27H,4,7,16-21H2,(H,32,35). The summed E-state index contributed by atoms with van der Waals surface area (Å²) >= 11 is 0. The maximum absolute atomic E-state index is 13.5. The van der Waals surface area contributed by atoms with E-state index in [1.807, 2.05) is 18.2 Å². The van der Waals surface area contributed by atoms with E-state index in [4.69, 9.17) is 0 Å². The van der Waals surface area contributed by atoms with E-state index >= 15 is 0 Å². The molecule has 0 radical (unpaired) electrons. The molecule has 4 nitrogen and oxygen atoms in total. The Kier molecular flexibility index (Phi) is 6.82. The first-order chi connectivity index (χ1) is 17.0. The van der Waals surface area contributed by atoms with E-state index in [-0.39, 0.29) is 23.5 Å². The molecule has 0 aliphatic carbocycles. The van der Waals surface area contributed by atoms with Crippen molar-refractivity contribution in [1.82, 2.24) is 10.2 Å². The molecule has 2 saturated heterocycles. The van der Waals surface area contributed by atoms with Gasteiger partial charge in [-0.05, 0) is 79.8 Å². The predicted molar refractivity (Wildman–Crippen MR) is 134 cm³/mol. The molecule has 1 N–H and O–H groups in total. The quantitative estimate of drug-likeness (QED) is 0.503. The van der Waals surface area contributed by atoms with Crippen LogP contribution < -0.4 is 10.2 Å². The molecule has 0 saturated carbocycles. The molecule has 2 heterocycles. The second kappa shape index (κ2) is 10.2. The Balaban J connectivity index is 1.21. The largest absolute Gasteiger partial charge is 0.339 e. The van der Waals surface area contributed by atoms with Crippen LogP contribution in [0.25, 0.3) is 0 Å². The minimum absolute atomic E-state index is 0.0712. The third kappa shape index (κ3) is 4.94. The summed E-state index contributed by atoms with van der Waals surface area (Å²) in [5.41, 5.74) is 2.69. The Bertz CT molecular complexity index is 1130. The summed E-state index contributed by atoms with van der Waals surface area (Å²) in [5, 5.41) is 3.00. The van der Waals surface area contributed by atoms with Crippen molar-refractivity contribution in [1.29, 1.82) is 0 Å². The van der Waals surface area contributed by atoms with Crippen molar-refractivity contribution in [3.63, 3.8) is 0 Å². The van der Waals surface area contributed by atoms with Crippen LogP contribution >= 0.6 is 0 Å². The van der Waals surface area contributed by atoms with Gasteiger partial charge in [0.25, 0.3) is 0 Å². The lowest BCUT2D eigenvalue weighted by Crippen LogP contribution is -2.56. The van der Waals surface area contributed by atoms with Gasteiger partial charge in [-0.2, -0.15) is 0 Å². The number of rotatable bonds is 7. The first kappa shape index (κ1) is 23.5. The summed E-state index contributed by atoms with van der Waals surface area (Å²) < 4.78 is 26.9.